The number of aryl methyl sites for hydroxylation is 1. The minimum Gasteiger partial charge on any atom is -0.349 e. The Morgan fingerprint density at radius 3 is 2.29 bits per heavy atom. The molecular formula is C21H24ClN3O3. The summed E-state index contributed by atoms with van der Waals surface area (Å²) in [4.78, 5) is 35.7. The van der Waals surface area contributed by atoms with Crippen molar-refractivity contribution in [2.24, 2.45) is 0 Å². The van der Waals surface area contributed by atoms with Gasteiger partial charge >= 0.3 is 0 Å². The fraction of sp³-hybridized carbons (Fsp3) is 0.286. The maximum Gasteiger partial charge on any atom is 0.226 e. The maximum atomic E-state index is 12.6. The van der Waals surface area contributed by atoms with Crippen LogP contribution in [0.4, 0.5) is 11.4 Å². The molecule has 0 bridgehead atoms. The largest absolute Gasteiger partial charge is 0.349 e. The van der Waals surface area contributed by atoms with E-state index in [1.54, 1.807) is 25.1 Å². The van der Waals surface area contributed by atoms with E-state index in [-0.39, 0.29) is 24.1 Å². The Balaban J connectivity index is 2.13. The molecule has 148 valence electrons. The summed E-state index contributed by atoms with van der Waals surface area (Å²) >= 11 is 6.17. The van der Waals surface area contributed by atoms with Crippen LogP contribution in [-0.2, 0) is 14.4 Å². The van der Waals surface area contributed by atoms with Gasteiger partial charge < -0.3 is 16.0 Å². The molecule has 0 aromatic heterocycles. The number of hydrogen-bond acceptors (Lipinski definition) is 3. The van der Waals surface area contributed by atoms with Crippen LogP contribution in [0.2, 0.25) is 5.02 Å². The van der Waals surface area contributed by atoms with Crippen LogP contribution >= 0.6 is 11.6 Å². The molecular weight excluding hydrogens is 378 g/mol. The van der Waals surface area contributed by atoms with E-state index in [1.165, 1.54) is 6.92 Å². The van der Waals surface area contributed by atoms with E-state index in [9.17, 15) is 14.4 Å². The number of amides is 3. The predicted octanol–water partition coefficient (Wildman–Crippen LogP) is 4.20. The van der Waals surface area contributed by atoms with Crippen molar-refractivity contribution < 1.29 is 14.4 Å². The van der Waals surface area contributed by atoms with Gasteiger partial charge in [-0.1, -0.05) is 48.4 Å². The molecule has 7 heteroatoms. The Hall–Kier alpha value is -2.86. The van der Waals surface area contributed by atoms with Crippen molar-refractivity contribution in [1.29, 1.82) is 0 Å². The van der Waals surface area contributed by atoms with Crippen molar-refractivity contribution in [2.45, 2.75) is 39.7 Å². The lowest BCUT2D eigenvalue weighted by Gasteiger charge is -2.19. The van der Waals surface area contributed by atoms with Crippen LogP contribution in [0.25, 0.3) is 0 Å². The van der Waals surface area contributed by atoms with E-state index in [0.29, 0.717) is 22.8 Å². The summed E-state index contributed by atoms with van der Waals surface area (Å²) in [5, 5.41) is 8.64. The first-order valence-electron chi connectivity index (χ1n) is 9.01. The fourth-order valence-electron chi connectivity index (χ4n) is 2.63. The first-order valence-corrected chi connectivity index (χ1v) is 9.39. The standard InChI is InChI=1S/C21H24ClN3O3/c1-4-20(27)24-16-9-10-17(22)19(11-16)25-21(28)12-18(23-14(3)26)15-7-5-13(2)6-8-15/h5-11,18H,4,12H2,1-3H3,(H,23,26)(H,24,27)(H,25,28). The van der Waals surface area contributed by atoms with E-state index in [4.69, 9.17) is 11.6 Å². The molecule has 28 heavy (non-hydrogen) atoms. The van der Waals surface area contributed by atoms with Gasteiger partial charge in [-0.15, -0.1) is 0 Å². The normalized spacial score (nSPS) is 11.4. The molecule has 0 spiro atoms. The number of hydrogen-bond donors (Lipinski definition) is 3. The molecule has 0 aliphatic heterocycles. The average molecular weight is 402 g/mol. The summed E-state index contributed by atoms with van der Waals surface area (Å²) in [6.07, 6.45) is 0.393. The van der Waals surface area contributed by atoms with Gasteiger partial charge in [0.1, 0.15) is 0 Å². The Kier molecular flexibility index (Phi) is 7.58. The van der Waals surface area contributed by atoms with Crippen LogP contribution in [0.1, 0.15) is 43.9 Å². The van der Waals surface area contributed by atoms with Crippen molar-refractivity contribution in [3.05, 3.63) is 58.6 Å². The smallest absolute Gasteiger partial charge is 0.226 e. The molecule has 6 nitrogen and oxygen atoms in total. The van der Waals surface area contributed by atoms with Gasteiger partial charge in [0.05, 0.1) is 23.2 Å². The van der Waals surface area contributed by atoms with E-state index in [1.807, 2.05) is 31.2 Å². The Morgan fingerprint density at radius 2 is 1.68 bits per heavy atom. The topological polar surface area (TPSA) is 87.3 Å². The molecule has 0 saturated carbocycles. The summed E-state index contributed by atoms with van der Waals surface area (Å²) in [7, 11) is 0. The van der Waals surface area contributed by atoms with Crippen molar-refractivity contribution in [2.75, 3.05) is 10.6 Å². The molecule has 2 rings (SSSR count). The first-order chi connectivity index (χ1) is 13.3. The molecule has 0 saturated heterocycles. The number of carbonyl (C=O) groups is 3. The Bertz CT molecular complexity index is 866. The van der Waals surface area contributed by atoms with Gasteiger partial charge in [0.2, 0.25) is 17.7 Å². The number of carbonyl (C=O) groups excluding carboxylic acids is 3. The minimum atomic E-state index is -0.458. The van der Waals surface area contributed by atoms with Crippen molar-refractivity contribution in [3.63, 3.8) is 0 Å². The summed E-state index contributed by atoms with van der Waals surface area (Å²) in [6, 6.07) is 12.0. The number of benzene rings is 2. The second-order valence-corrected chi connectivity index (χ2v) is 6.92. The molecule has 0 radical (unpaired) electrons. The second kappa shape index (κ2) is 9.90. The molecule has 2 aromatic carbocycles. The van der Waals surface area contributed by atoms with E-state index in [2.05, 4.69) is 16.0 Å². The monoisotopic (exact) mass is 401 g/mol. The van der Waals surface area contributed by atoms with Gasteiger partial charge in [0.25, 0.3) is 0 Å². The second-order valence-electron chi connectivity index (χ2n) is 6.51. The zero-order valence-corrected chi connectivity index (χ0v) is 16.9. The summed E-state index contributed by atoms with van der Waals surface area (Å²) in [6.45, 7) is 5.13. The number of nitrogens with one attached hydrogen (secondary N) is 3. The molecule has 3 N–H and O–H groups in total. The molecule has 3 amide bonds. The van der Waals surface area contributed by atoms with E-state index in [0.717, 1.165) is 11.1 Å². The Labute approximate surface area is 169 Å². The maximum absolute atomic E-state index is 12.6. The van der Waals surface area contributed by atoms with Gasteiger partial charge in [-0.3, -0.25) is 14.4 Å². The Morgan fingerprint density at radius 1 is 1.00 bits per heavy atom. The minimum absolute atomic E-state index is 0.0461. The highest BCUT2D eigenvalue weighted by atomic mass is 35.5. The lowest BCUT2D eigenvalue weighted by Crippen LogP contribution is -2.29. The highest BCUT2D eigenvalue weighted by molar-refractivity contribution is 6.33. The highest BCUT2D eigenvalue weighted by Crippen LogP contribution is 2.27. The molecule has 1 atom stereocenters. The quantitative estimate of drug-likeness (QED) is 0.649. The van der Waals surface area contributed by atoms with Gasteiger partial charge in [0.15, 0.2) is 0 Å². The molecule has 2 aromatic rings. The zero-order chi connectivity index (χ0) is 20.7. The molecule has 0 aliphatic rings. The van der Waals surface area contributed by atoms with Crippen molar-refractivity contribution in [1.82, 2.24) is 5.32 Å². The van der Waals surface area contributed by atoms with E-state index < -0.39 is 6.04 Å². The molecule has 0 aliphatic carbocycles. The number of anilines is 2. The summed E-state index contributed by atoms with van der Waals surface area (Å²) in [5.41, 5.74) is 2.87. The van der Waals surface area contributed by atoms with Crippen LogP contribution in [0, 0.1) is 6.92 Å². The zero-order valence-electron chi connectivity index (χ0n) is 16.1. The first kappa shape index (κ1) is 21.4. The average Bonchev–Trinajstić information content (AvgIpc) is 2.64. The van der Waals surface area contributed by atoms with Gasteiger partial charge in [-0.2, -0.15) is 0 Å². The fourth-order valence-corrected chi connectivity index (χ4v) is 2.80. The molecule has 0 fully saturated rings. The van der Waals surface area contributed by atoms with Crippen molar-refractivity contribution in [3.8, 4) is 0 Å². The number of rotatable bonds is 7. The highest BCUT2D eigenvalue weighted by Gasteiger charge is 2.18. The van der Waals surface area contributed by atoms with Crippen molar-refractivity contribution >= 4 is 40.7 Å². The lowest BCUT2D eigenvalue weighted by molar-refractivity contribution is -0.120. The van der Waals surface area contributed by atoms with Crippen LogP contribution in [0.5, 0.6) is 0 Å². The van der Waals surface area contributed by atoms with Crippen LogP contribution in [-0.4, -0.2) is 17.7 Å². The summed E-state index contributed by atoms with van der Waals surface area (Å²) < 4.78 is 0. The van der Waals surface area contributed by atoms with Crippen LogP contribution < -0.4 is 16.0 Å². The van der Waals surface area contributed by atoms with E-state index >= 15 is 0 Å². The van der Waals surface area contributed by atoms with Crippen LogP contribution in [0.3, 0.4) is 0 Å². The van der Waals surface area contributed by atoms with Crippen LogP contribution in [0.15, 0.2) is 42.5 Å². The SMILES string of the molecule is CCC(=O)Nc1ccc(Cl)c(NC(=O)CC(NC(C)=O)c2ccc(C)cc2)c1. The van der Waals surface area contributed by atoms with Gasteiger partial charge in [-0.25, -0.2) is 0 Å². The third kappa shape index (κ3) is 6.39. The molecule has 0 heterocycles. The third-order valence-corrected chi connectivity index (χ3v) is 4.42. The third-order valence-electron chi connectivity index (χ3n) is 4.09. The van der Waals surface area contributed by atoms with Gasteiger partial charge in [0, 0.05) is 19.0 Å². The molecule has 1 unspecified atom stereocenters. The predicted molar refractivity (Wildman–Crippen MR) is 111 cm³/mol. The summed E-state index contributed by atoms with van der Waals surface area (Å²) in [5.74, 6) is -0.662. The van der Waals surface area contributed by atoms with Gasteiger partial charge in [-0.05, 0) is 30.7 Å². The number of halogens is 1. The lowest BCUT2D eigenvalue weighted by atomic mass is 10.0.